The molecule has 2 N–H and O–H groups in total. The van der Waals surface area contributed by atoms with Gasteiger partial charge in [0.2, 0.25) is 5.88 Å². The van der Waals surface area contributed by atoms with Crippen molar-refractivity contribution in [2.24, 2.45) is 0 Å². The van der Waals surface area contributed by atoms with E-state index in [0.717, 1.165) is 0 Å². The first-order valence-corrected chi connectivity index (χ1v) is 5.37. The van der Waals surface area contributed by atoms with Crippen molar-refractivity contribution in [3.05, 3.63) is 46.3 Å². The molecule has 6 heteroatoms. The molecule has 17 heavy (non-hydrogen) atoms. The molecule has 0 amide bonds. The highest BCUT2D eigenvalue weighted by Gasteiger charge is 2.09. The zero-order valence-electron chi connectivity index (χ0n) is 8.45. The highest BCUT2D eigenvalue weighted by molar-refractivity contribution is 6.30. The SMILES string of the molecule is Nc1cc(Cl)nc(Oc2cccc(Cl)c2F)c1. The van der Waals surface area contributed by atoms with Crippen molar-refractivity contribution < 1.29 is 9.13 Å². The molecule has 0 aliphatic rings. The highest BCUT2D eigenvalue weighted by atomic mass is 35.5. The molecule has 3 nitrogen and oxygen atoms in total. The van der Waals surface area contributed by atoms with Crippen LogP contribution in [0.2, 0.25) is 10.2 Å². The molecule has 0 fully saturated rings. The first-order valence-electron chi connectivity index (χ1n) is 4.61. The van der Waals surface area contributed by atoms with Crippen LogP contribution in [0.1, 0.15) is 0 Å². The summed E-state index contributed by atoms with van der Waals surface area (Å²) >= 11 is 11.3. The van der Waals surface area contributed by atoms with Gasteiger partial charge in [-0.25, -0.2) is 9.37 Å². The lowest BCUT2D eigenvalue weighted by Gasteiger charge is -2.07. The molecule has 1 aromatic carbocycles. The van der Waals surface area contributed by atoms with Crippen molar-refractivity contribution in [1.82, 2.24) is 4.98 Å². The van der Waals surface area contributed by atoms with E-state index in [2.05, 4.69) is 4.98 Å². The Kier molecular flexibility index (Phi) is 3.36. The number of benzene rings is 1. The van der Waals surface area contributed by atoms with Crippen LogP contribution in [0.3, 0.4) is 0 Å². The molecule has 0 saturated heterocycles. The van der Waals surface area contributed by atoms with Crippen LogP contribution in [0.4, 0.5) is 10.1 Å². The summed E-state index contributed by atoms with van der Waals surface area (Å²) in [7, 11) is 0. The van der Waals surface area contributed by atoms with Crippen LogP contribution in [0.15, 0.2) is 30.3 Å². The molecule has 0 saturated carbocycles. The van der Waals surface area contributed by atoms with E-state index in [1.807, 2.05) is 0 Å². The van der Waals surface area contributed by atoms with Gasteiger partial charge in [-0.2, -0.15) is 0 Å². The molecule has 1 heterocycles. The van der Waals surface area contributed by atoms with Crippen LogP contribution in [0, 0.1) is 5.82 Å². The number of aromatic nitrogens is 1. The van der Waals surface area contributed by atoms with Gasteiger partial charge in [0.25, 0.3) is 0 Å². The topological polar surface area (TPSA) is 48.1 Å². The lowest BCUT2D eigenvalue weighted by molar-refractivity contribution is 0.428. The Morgan fingerprint density at radius 2 is 2.00 bits per heavy atom. The van der Waals surface area contributed by atoms with Crippen LogP contribution < -0.4 is 10.5 Å². The van der Waals surface area contributed by atoms with E-state index in [1.165, 1.54) is 24.3 Å². The van der Waals surface area contributed by atoms with Gasteiger partial charge in [-0.15, -0.1) is 0 Å². The predicted molar refractivity (Wildman–Crippen MR) is 65.1 cm³/mol. The van der Waals surface area contributed by atoms with Gasteiger partial charge in [-0.05, 0) is 18.2 Å². The Bertz CT molecular complexity index is 543. The second-order valence-corrected chi connectivity index (χ2v) is 4.01. The average Bonchev–Trinajstić information content (AvgIpc) is 2.23. The summed E-state index contributed by atoms with van der Waals surface area (Å²) in [5.41, 5.74) is 5.93. The number of nitrogens with two attached hydrogens (primary N) is 1. The quantitative estimate of drug-likeness (QED) is 0.844. The number of nitrogens with zero attached hydrogens (tertiary/aromatic N) is 1. The zero-order valence-corrected chi connectivity index (χ0v) is 9.97. The minimum absolute atomic E-state index is 0.0301. The molecule has 0 bridgehead atoms. The largest absolute Gasteiger partial charge is 0.436 e. The number of rotatable bonds is 2. The van der Waals surface area contributed by atoms with E-state index in [9.17, 15) is 4.39 Å². The molecule has 0 atom stereocenters. The molecule has 1 aromatic heterocycles. The first-order chi connectivity index (χ1) is 8.06. The maximum atomic E-state index is 13.5. The molecule has 0 spiro atoms. The number of pyridine rings is 1. The van der Waals surface area contributed by atoms with Crippen molar-refractivity contribution in [2.45, 2.75) is 0 Å². The van der Waals surface area contributed by atoms with Crippen molar-refractivity contribution >= 4 is 28.9 Å². The average molecular weight is 273 g/mol. The van der Waals surface area contributed by atoms with Gasteiger partial charge in [-0.3, -0.25) is 0 Å². The number of halogens is 3. The summed E-state index contributed by atoms with van der Waals surface area (Å²) in [5.74, 6) is -0.586. The fourth-order valence-corrected chi connectivity index (χ4v) is 1.59. The molecule has 0 aliphatic carbocycles. The van der Waals surface area contributed by atoms with Crippen molar-refractivity contribution in [1.29, 1.82) is 0 Å². The van der Waals surface area contributed by atoms with Crippen molar-refractivity contribution in [3.63, 3.8) is 0 Å². The standard InChI is InChI=1S/C11H7Cl2FN2O/c12-7-2-1-3-8(11(7)14)17-10-5-6(15)4-9(13)16-10/h1-5H,(H2,15,16). The number of anilines is 1. The van der Waals surface area contributed by atoms with E-state index in [4.69, 9.17) is 33.7 Å². The molecule has 2 rings (SSSR count). The van der Waals surface area contributed by atoms with E-state index in [0.29, 0.717) is 5.69 Å². The minimum Gasteiger partial charge on any atom is -0.436 e. The number of hydrogen-bond donors (Lipinski definition) is 1. The summed E-state index contributed by atoms with van der Waals surface area (Å²) in [6.45, 7) is 0. The maximum absolute atomic E-state index is 13.5. The molecule has 2 aromatic rings. The van der Waals surface area contributed by atoms with Crippen LogP contribution in [0.5, 0.6) is 11.6 Å². The van der Waals surface area contributed by atoms with Crippen LogP contribution in [0.25, 0.3) is 0 Å². The van der Waals surface area contributed by atoms with E-state index < -0.39 is 5.82 Å². The summed E-state index contributed by atoms with van der Waals surface area (Å²) in [6.07, 6.45) is 0. The summed E-state index contributed by atoms with van der Waals surface area (Å²) in [6, 6.07) is 7.31. The first kappa shape index (κ1) is 12.0. The van der Waals surface area contributed by atoms with Gasteiger partial charge in [0.15, 0.2) is 11.6 Å². The number of hydrogen-bond acceptors (Lipinski definition) is 3. The molecule has 0 radical (unpaired) electrons. The molecule has 0 aliphatic heterocycles. The minimum atomic E-state index is -0.658. The van der Waals surface area contributed by atoms with Gasteiger partial charge in [-0.1, -0.05) is 29.3 Å². The van der Waals surface area contributed by atoms with E-state index in [-0.39, 0.29) is 21.8 Å². The summed E-state index contributed by atoms with van der Waals surface area (Å²) < 4.78 is 18.8. The van der Waals surface area contributed by atoms with E-state index >= 15 is 0 Å². The zero-order chi connectivity index (χ0) is 12.4. The van der Waals surface area contributed by atoms with Crippen LogP contribution in [-0.4, -0.2) is 4.98 Å². The van der Waals surface area contributed by atoms with Crippen molar-refractivity contribution in [3.8, 4) is 11.6 Å². The molecule has 88 valence electrons. The van der Waals surface area contributed by atoms with Crippen LogP contribution >= 0.6 is 23.2 Å². The third-order valence-corrected chi connectivity index (χ3v) is 2.41. The molecular weight excluding hydrogens is 266 g/mol. The smallest absolute Gasteiger partial charge is 0.222 e. The van der Waals surface area contributed by atoms with Crippen LogP contribution in [-0.2, 0) is 0 Å². The Labute approximate surface area is 107 Å². The van der Waals surface area contributed by atoms with E-state index in [1.54, 1.807) is 6.07 Å². The van der Waals surface area contributed by atoms with Gasteiger partial charge in [0, 0.05) is 11.8 Å². The normalized spacial score (nSPS) is 10.3. The second kappa shape index (κ2) is 4.77. The van der Waals surface area contributed by atoms with Crippen molar-refractivity contribution in [2.75, 3.05) is 5.73 Å². The fourth-order valence-electron chi connectivity index (χ4n) is 1.22. The summed E-state index contributed by atoms with van der Waals surface area (Å²) in [4.78, 5) is 3.85. The Hall–Kier alpha value is -1.52. The fraction of sp³-hybridized carbons (Fsp3) is 0. The van der Waals surface area contributed by atoms with Gasteiger partial charge in [0.1, 0.15) is 5.15 Å². The molecular formula is C11H7Cl2FN2O. The van der Waals surface area contributed by atoms with Gasteiger partial charge in [0.05, 0.1) is 5.02 Å². The third kappa shape index (κ3) is 2.78. The lowest BCUT2D eigenvalue weighted by atomic mass is 10.3. The Balaban J connectivity index is 2.34. The Morgan fingerprint density at radius 1 is 1.24 bits per heavy atom. The Morgan fingerprint density at radius 3 is 2.71 bits per heavy atom. The summed E-state index contributed by atoms with van der Waals surface area (Å²) in [5, 5.41) is 0.139. The predicted octanol–water partition coefficient (Wildman–Crippen LogP) is 3.90. The monoisotopic (exact) mass is 272 g/mol. The number of nitrogen functional groups attached to an aromatic ring is 1. The maximum Gasteiger partial charge on any atom is 0.222 e. The molecule has 0 unspecified atom stereocenters. The van der Waals surface area contributed by atoms with Gasteiger partial charge < -0.3 is 10.5 Å². The second-order valence-electron chi connectivity index (χ2n) is 3.22. The lowest BCUT2D eigenvalue weighted by Crippen LogP contribution is -1.94. The third-order valence-electron chi connectivity index (χ3n) is 1.92. The number of ether oxygens (including phenoxy) is 1. The van der Waals surface area contributed by atoms with Gasteiger partial charge >= 0.3 is 0 Å². The highest BCUT2D eigenvalue weighted by Crippen LogP contribution is 2.29.